The van der Waals surface area contributed by atoms with E-state index in [0.717, 1.165) is 31.1 Å². The Kier molecular flexibility index (Phi) is 4.14. The largest absolute Gasteiger partial charge is 0.459 e. The predicted molar refractivity (Wildman–Crippen MR) is 84.0 cm³/mol. The van der Waals surface area contributed by atoms with Gasteiger partial charge < -0.3 is 13.6 Å². The number of hydrogen-bond acceptors (Lipinski definition) is 7. The minimum atomic E-state index is 0.0946. The van der Waals surface area contributed by atoms with Crippen LogP contribution in [0.1, 0.15) is 11.5 Å². The van der Waals surface area contributed by atoms with Crippen LogP contribution in [0.15, 0.2) is 39.9 Å². The van der Waals surface area contributed by atoms with Crippen molar-refractivity contribution in [2.75, 3.05) is 19.7 Å². The molecule has 1 fully saturated rings. The summed E-state index contributed by atoms with van der Waals surface area (Å²) in [6, 6.07) is 3.67. The maximum absolute atomic E-state index is 5.82. The molecule has 1 unspecified atom stereocenters. The van der Waals surface area contributed by atoms with Crippen LogP contribution in [0, 0.1) is 6.92 Å². The summed E-state index contributed by atoms with van der Waals surface area (Å²) in [5, 5.41) is 4.13. The number of oxazole rings is 1. The van der Waals surface area contributed by atoms with Crippen molar-refractivity contribution in [3.8, 4) is 11.7 Å². The van der Waals surface area contributed by atoms with Crippen LogP contribution in [0.5, 0.6) is 0 Å². The van der Waals surface area contributed by atoms with E-state index >= 15 is 0 Å². The predicted octanol–water partition coefficient (Wildman–Crippen LogP) is 1.74. The van der Waals surface area contributed by atoms with Crippen LogP contribution in [0.4, 0.5) is 0 Å². The summed E-state index contributed by atoms with van der Waals surface area (Å²) in [6.07, 6.45) is 4.96. The van der Waals surface area contributed by atoms with Crippen molar-refractivity contribution in [3.63, 3.8) is 0 Å². The highest BCUT2D eigenvalue weighted by Gasteiger charge is 2.23. The first-order chi connectivity index (χ1) is 11.8. The second-order valence-corrected chi connectivity index (χ2v) is 5.84. The van der Waals surface area contributed by atoms with Gasteiger partial charge in [-0.05, 0) is 19.1 Å². The third-order valence-corrected chi connectivity index (χ3v) is 4.08. The molecule has 0 spiro atoms. The van der Waals surface area contributed by atoms with Gasteiger partial charge in [-0.3, -0.25) is 9.58 Å². The molecule has 3 aromatic rings. The number of morpholine rings is 1. The van der Waals surface area contributed by atoms with E-state index in [2.05, 4.69) is 20.0 Å². The molecule has 0 saturated carbocycles. The van der Waals surface area contributed by atoms with Crippen LogP contribution in [0.3, 0.4) is 0 Å². The summed E-state index contributed by atoms with van der Waals surface area (Å²) in [5.74, 6) is 2.00. The molecule has 4 heterocycles. The first-order valence-corrected chi connectivity index (χ1v) is 7.94. The van der Waals surface area contributed by atoms with Crippen LogP contribution in [0.2, 0.25) is 0 Å². The number of aromatic nitrogens is 4. The Morgan fingerprint density at radius 2 is 2.33 bits per heavy atom. The summed E-state index contributed by atoms with van der Waals surface area (Å²) in [6.45, 7) is 5.75. The van der Waals surface area contributed by atoms with E-state index in [1.165, 1.54) is 6.33 Å². The van der Waals surface area contributed by atoms with E-state index in [0.29, 0.717) is 24.8 Å². The zero-order valence-corrected chi connectivity index (χ0v) is 13.5. The normalized spacial score (nSPS) is 19.0. The molecule has 1 aliphatic heterocycles. The van der Waals surface area contributed by atoms with Gasteiger partial charge in [0.25, 0.3) is 5.89 Å². The molecule has 0 radical (unpaired) electrons. The molecular formula is C16H19N5O3. The minimum absolute atomic E-state index is 0.0946. The first kappa shape index (κ1) is 15.1. The van der Waals surface area contributed by atoms with Crippen molar-refractivity contribution < 1.29 is 13.6 Å². The summed E-state index contributed by atoms with van der Waals surface area (Å²) in [4.78, 5) is 10.9. The van der Waals surface area contributed by atoms with Gasteiger partial charge in [-0.25, -0.2) is 9.97 Å². The zero-order chi connectivity index (χ0) is 16.4. The van der Waals surface area contributed by atoms with Gasteiger partial charge in [0.2, 0.25) is 0 Å². The molecule has 3 aromatic heterocycles. The lowest BCUT2D eigenvalue weighted by Gasteiger charge is -2.32. The molecule has 4 rings (SSSR count). The van der Waals surface area contributed by atoms with E-state index in [9.17, 15) is 0 Å². The standard InChI is InChI=1S/C16H19N5O3/c1-12-14(19-16(24-12)15-3-2-5-23-15)9-20-4-6-22-13(7-20)8-21-11-17-10-18-21/h2-3,5,10-11,13H,4,6-9H2,1H3. The second kappa shape index (κ2) is 6.58. The fraction of sp³-hybridized carbons (Fsp3) is 0.438. The zero-order valence-electron chi connectivity index (χ0n) is 13.5. The average molecular weight is 329 g/mol. The number of hydrogen-bond donors (Lipinski definition) is 0. The molecule has 24 heavy (non-hydrogen) atoms. The summed E-state index contributed by atoms with van der Waals surface area (Å²) in [5.41, 5.74) is 0.933. The molecule has 0 bridgehead atoms. The van der Waals surface area contributed by atoms with E-state index < -0.39 is 0 Å². The molecule has 8 heteroatoms. The minimum Gasteiger partial charge on any atom is -0.459 e. The Hall–Kier alpha value is -2.45. The Morgan fingerprint density at radius 3 is 3.12 bits per heavy atom. The Morgan fingerprint density at radius 1 is 1.38 bits per heavy atom. The maximum atomic E-state index is 5.82. The van der Waals surface area contributed by atoms with Gasteiger partial charge in [-0.2, -0.15) is 5.10 Å². The highest BCUT2D eigenvalue weighted by Crippen LogP contribution is 2.23. The average Bonchev–Trinajstić information content (AvgIpc) is 3.31. The molecule has 0 N–H and O–H groups in total. The van der Waals surface area contributed by atoms with Gasteiger partial charge in [-0.1, -0.05) is 0 Å². The van der Waals surface area contributed by atoms with E-state index in [1.54, 1.807) is 17.3 Å². The van der Waals surface area contributed by atoms with Gasteiger partial charge in [0.1, 0.15) is 18.4 Å². The van der Waals surface area contributed by atoms with Crippen molar-refractivity contribution in [2.45, 2.75) is 26.1 Å². The third kappa shape index (κ3) is 3.24. The van der Waals surface area contributed by atoms with E-state index in [4.69, 9.17) is 13.6 Å². The molecule has 1 aliphatic rings. The van der Waals surface area contributed by atoms with Crippen LogP contribution in [0.25, 0.3) is 11.7 Å². The lowest BCUT2D eigenvalue weighted by molar-refractivity contribution is -0.0406. The van der Waals surface area contributed by atoms with E-state index in [1.807, 2.05) is 19.1 Å². The van der Waals surface area contributed by atoms with E-state index in [-0.39, 0.29) is 6.10 Å². The number of ether oxygens (including phenoxy) is 1. The molecule has 0 amide bonds. The monoisotopic (exact) mass is 329 g/mol. The Bertz CT molecular complexity index is 766. The lowest BCUT2D eigenvalue weighted by Crippen LogP contribution is -2.43. The first-order valence-electron chi connectivity index (χ1n) is 7.94. The summed E-state index contributed by atoms with van der Waals surface area (Å²) < 4.78 is 18.7. The fourth-order valence-electron chi connectivity index (χ4n) is 2.86. The lowest BCUT2D eigenvalue weighted by atomic mass is 10.2. The van der Waals surface area contributed by atoms with Crippen molar-refractivity contribution in [1.82, 2.24) is 24.6 Å². The number of nitrogens with zero attached hydrogens (tertiary/aromatic N) is 5. The smallest absolute Gasteiger partial charge is 0.263 e. The molecule has 8 nitrogen and oxygen atoms in total. The molecule has 1 saturated heterocycles. The maximum Gasteiger partial charge on any atom is 0.263 e. The number of rotatable bonds is 5. The molecular weight excluding hydrogens is 310 g/mol. The molecule has 0 aliphatic carbocycles. The quantitative estimate of drug-likeness (QED) is 0.705. The van der Waals surface area contributed by atoms with Crippen LogP contribution in [-0.2, 0) is 17.8 Å². The highest BCUT2D eigenvalue weighted by atomic mass is 16.5. The molecule has 1 atom stereocenters. The van der Waals surface area contributed by atoms with Crippen molar-refractivity contribution >= 4 is 0 Å². The van der Waals surface area contributed by atoms with Crippen LogP contribution < -0.4 is 0 Å². The highest BCUT2D eigenvalue weighted by molar-refractivity contribution is 5.44. The number of aryl methyl sites for hydroxylation is 1. The SMILES string of the molecule is Cc1oc(-c2ccco2)nc1CN1CCOC(Cn2cncn2)C1. The molecule has 0 aromatic carbocycles. The molecule has 126 valence electrons. The topological polar surface area (TPSA) is 82.4 Å². The van der Waals surface area contributed by atoms with Gasteiger partial charge in [0.05, 0.1) is 31.2 Å². The Balaban J connectivity index is 1.41. The van der Waals surface area contributed by atoms with Gasteiger partial charge in [-0.15, -0.1) is 0 Å². The van der Waals surface area contributed by atoms with Crippen LogP contribution in [-0.4, -0.2) is 50.4 Å². The van der Waals surface area contributed by atoms with Crippen LogP contribution >= 0.6 is 0 Å². The Labute approximate surface area is 139 Å². The number of furan rings is 1. The third-order valence-electron chi connectivity index (χ3n) is 4.08. The van der Waals surface area contributed by atoms with Crippen molar-refractivity contribution in [3.05, 3.63) is 42.5 Å². The van der Waals surface area contributed by atoms with Crippen molar-refractivity contribution in [1.29, 1.82) is 0 Å². The van der Waals surface area contributed by atoms with Gasteiger partial charge in [0, 0.05) is 19.6 Å². The van der Waals surface area contributed by atoms with Crippen molar-refractivity contribution in [2.24, 2.45) is 0 Å². The van der Waals surface area contributed by atoms with Gasteiger partial charge in [0.15, 0.2) is 5.76 Å². The van der Waals surface area contributed by atoms with Gasteiger partial charge >= 0.3 is 0 Å². The fourth-order valence-corrected chi connectivity index (χ4v) is 2.86. The summed E-state index contributed by atoms with van der Waals surface area (Å²) in [7, 11) is 0. The summed E-state index contributed by atoms with van der Waals surface area (Å²) >= 11 is 0. The second-order valence-electron chi connectivity index (χ2n) is 5.84.